The molecule has 222 valence electrons. The van der Waals surface area contributed by atoms with E-state index in [-0.39, 0.29) is 43.7 Å². The first kappa shape index (κ1) is 30.3. The summed E-state index contributed by atoms with van der Waals surface area (Å²) in [7, 11) is 0. The highest BCUT2D eigenvalue weighted by Crippen LogP contribution is 2.18. The molecule has 6 N–H and O–H groups in total. The van der Waals surface area contributed by atoms with E-state index in [4.69, 9.17) is 5.21 Å². The number of hydrogen-bond donors (Lipinski definition) is 6. The van der Waals surface area contributed by atoms with Crippen LogP contribution in [0.3, 0.4) is 0 Å². The number of carbonyl (C=O) groups excluding carboxylic acids is 4. The second kappa shape index (κ2) is 15.4. The van der Waals surface area contributed by atoms with Crippen LogP contribution in [0.25, 0.3) is 21.8 Å². The number of rotatable bonds is 16. The van der Waals surface area contributed by atoms with Crippen LogP contribution in [0.15, 0.2) is 60.9 Å². The second-order valence-corrected chi connectivity index (χ2v) is 10.3. The molecule has 0 fully saturated rings. The summed E-state index contributed by atoms with van der Waals surface area (Å²) in [5, 5.41) is 16.5. The van der Waals surface area contributed by atoms with Crippen molar-refractivity contribution in [3.8, 4) is 0 Å². The Morgan fingerprint density at radius 2 is 1.17 bits per heavy atom. The van der Waals surface area contributed by atoms with Crippen LogP contribution < -0.4 is 16.1 Å². The zero-order chi connectivity index (χ0) is 29.7. The number of hydrogen-bond acceptors (Lipinski definition) is 5. The molecule has 4 rings (SSSR count). The molecule has 11 heteroatoms. The molecule has 0 saturated heterocycles. The average molecular weight is 575 g/mol. The van der Waals surface area contributed by atoms with E-state index in [9.17, 15) is 19.2 Å². The molecule has 2 aromatic carbocycles. The minimum Gasteiger partial charge on any atom is -0.361 e. The lowest BCUT2D eigenvalue weighted by atomic mass is 10.1. The fraction of sp³-hybridized carbons (Fsp3) is 0.355. The van der Waals surface area contributed by atoms with Gasteiger partial charge in [-0.2, -0.15) is 0 Å². The van der Waals surface area contributed by atoms with Crippen molar-refractivity contribution in [3.05, 3.63) is 72.1 Å². The Morgan fingerprint density at radius 3 is 1.69 bits per heavy atom. The van der Waals surface area contributed by atoms with E-state index in [1.54, 1.807) is 5.48 Å². The highest BCUT2D eigenvalue weighted by Gasteiger charge is 2.20. The lowest BCUT2D eigenvalue weighted by Crippen LogP contribution is -2.46. The van der Waals surface area contributed by atoms with Crippen molar-refractivity contribution in [1.29, 1.82) is 0 Å². The van der Waals surface area contributed by atoms with Gasteiger partial charge in [-0.3, -0.25) is 24.4 Å². The van der Waals surface area contributed by atoms with Gasteiger partial charge in [-0.05, 0) is 48.9 Å². The molecule has 0 aliphatic heterocycles. The quantitative estimate of drug-likeness (QED) is 0.0689. The molecule has 2 heterocycles. The fourth-order valence-electron chi connectivity index (χ4n) is 4.99. The van der Waals surface area contributed by atoms with Gasteiger partial charge in [0.1, 0.15) is 13.1 Å². The summed E-state index contributed by atoms with van der Waals surface area (Å²) >= 11 is 0. The van der Waals surface area contributed by atoms with Crippen LogP contribution in [0.4, 0.5) is 0 Å². The van der Waals surface area contributed by atoms with Crippen LogP contribution in [0.2, 0.25) is 0 Å². The molecular weight excluding hydrogens is 536 g/mol. The molecule has 4 aromatic rings. The first-order valence-electron chi connectivity index (χ1n) is 14.3. The average Bonchev–Trinajstić information content (AvgIpc) is 3.60. The van der Waals surface area contributed by atoms with Crippen LogP contribution in [0.1, 0.15) is 43.2 Å². The standard InChI is InChI=1S/C31H38N6O5/c38-28(36-42)12-2-1-3-13-31(41)37(20-29(39)32-16-14-22-18-34-26-10-6-4-8-24(22)26)21-30(40)33-17-15-23-19-35-27-11-7-5-9-25(23)27/h4-11,18-19,34-35,42H,1-3,12-17,20-21H2,(H,32,39)(H,33,40)(H,36,38). The van der Waals surface area contributed by atoms with Crippen LogP contribution in [0, 0.1) is 0 Å². The van der Waals surface area contributed by atoms with Crippen LogP contribution >= 0.6 is 0 Å². The predicted molar refractivity (Wildman–Crippen MR) is 160 cm³/mol. The number of nitrogens with zero attached hydrogens (tertiary/aromatic N) is 1. The summed E-state index contributed by atoms with van der Waals surface area (Å²) in [6.07, 6.45) is 7.02. The summed E-state index contributed by atoms with van der Waals surface area (Å²) in [6.45, 7) is 0.337. The van der Waals surface area contributed by atoms with Crippen molar-refractivity contribution in [2.24, 2.45) is 0 Å². The first-order valence-corrected chi connectivity index (χ1v) is 14.3. The van der Waals surface area contributed by atoms with Crippen LogP contribution in [0.5, 0.6) is 0 Å². The zero-order valence-electron chi connectivity index (χ0n) is 23.6. The third-order valence-corrected chi connectivity index (χ3v) is 7.22. The molecule has 0 atom stereocenters. The maximum absolute atomic E-state index is 13.0. The molecule has 11 nitrogen and oxygen atoms in total. The maximum atomic E-state index is 13.0. The number of unbranched alkanes of at least 4 members (excludes halogenated alkanes) is 2. The number of amides is 4. The van der Waals surface area contributed by atoms with Crippen LogP contribution in [-0.4, -0.2) is 69.9 Å². The van der Waals surface area contributed by atoms with E-state index < -0.39 is 5.91 Å². The molecule has 0 aliphatic rings. The zero-order valence-corrected chi connectivity index (χ0v) is 23.6. The normalized spacial score (nSPS) is 11.0. The van der Waals surface area contributed by atoms with Gasteiger partial charge in [-0.1, -0.05) is 42.8 Å². The van der Waals surface area contributed by atoms with Gasteiger partial charge in [0.2, 0.25) is 23.6 Å². The Hall–Kier alpha value is -4.64. The molecule has 4 amide bonds. The van der Waals surface area contributed by atoms with Gasteiger partial charge in [0.15, 0.2) is 0 Å². The molecule has 0 radical (unpaired) electrons. The minimum atomic E-state index is -0.475. The van der Waals surface area contributed by atoms with Gasteiger partial charge < -0.3 is 25.5 Å². The van der Waals surface area contributed by atoms with Crippen molar-refractivity contribution >= 4 is 45.4 Å². The highest BCUT2D eigenvalue weighted by atomic mass is 16.5. The molecule has 42 heavy (non-hydrogen) atoms. The van der Waals surface area contributed by atoms with E-state index in [0.29, 0.717) is 45.2 Å². The fourth-order valence-corrected chi connectivity index (χ4v) is 4.99. The number of H-pyrrole nitrogens is 2. The van der Waals surface area contributed by atoms with Crippen LogP contribution in [-0.2, 0) is 32.0 Å². The predicted octanol–water partition coefficient (Wildman–Crippen LogP) is 2.95. The highest BCUT2D eigenvalue weighted by molar-refractivity contribution is 5.89. The molecule has 0 unspecified atom stereocenters. The Kier molecular flexibility index (Phi) is 11.1. The summed E-state index contributed by atoms with van der Waals surface area (Å²) in [5.41, 5.74) is 5.82. The molecular formula is C31H38N6O5. The Bertz CT molecular complexity index is 1420. The number of carbonyl (C=O) groups is 4. The maximum Gasteiger partial charge on any atom is 0.243 e. The van der Waals surface area contributed by atoms with E-state index in [1.165, 1.54) is 4.90 Å². The number of aromatic nitrogens is 2. The first-order chi connectivity index (χ1) is 20.4. The van der Waals surface area contributed by atoms with Gasteiger partial charge in [0.05, 0.1) is 0 Å². The van der Waals surface area contributed by atoms with Crippen molar-refractivity contribution in [3.63, 3.8) is 0 Å². The number of para-hydroxylation sites is 2. The van der Waals surface area contributed by atoms with E-state index in [1.807, 2.05) is 60.9 Å². The molecule has 0 saturated carbocycles. The largest absolute Gasteiger partial charge is 0.361 e. The Morgan fingerprint density at radius 1 is 0.667 bits per heavy atom. The van der Waals surface area contributed by atoms with E-state index >= 15 is 0 Å². The summed E-state index contributed by atoms with van der Waals surface area (Å²) < 4.78 is 0. The third kappa shape index (κ3) is 8.68. The minimum absolute atomic E-state index is 0.145. The van der Waals surface area contributed by atoms with E-state index in [0.717, 1.165) is 32.9 Å². The second-order valence-electron chi connectivity index (χ2n) is 10.3. The third-order valence-electron chi connectivity index (χ3n) is 7.22. The van der Waals surface area contributed by atoms with Crippen molar-refractivity contribution in [1.82, 2.24) is 31.0 Å². The van der Waals surface area contributed by atoms with Gasteiger partial charge in [-0.25, -0.2) is 5.48 Å². The topological polar surface area (TPSA) is 159 Å². The smallest absolute Gasteiger partial charge is 0.243 e. The monoisotopic (exact) mass is 574 g/mol. The number of benzene rings is 2. The van der Waals surface area contributed by atoms with Gasteiger partial charge in [0, 0.05) is 60.1 Å². The van der Waals surface area contributed by atoms with Gasteiger partial charge in [0.25, 0.3) is 0 Å². The lowest BCUT2D eigenvalue weighted by Gasteiger charge is -2.22. The van der Waals surface area contributed by atoms with Crippen molar-refractivity contribution in [2.45, 2.75) is 44.9 Å². The number of nitrogens with one attached hydrogen (secondary N) is 5. The van der Waals surface area contributed by atoms with Gasteiger partial charge >= 0.3 is 0 Å². The Labute approximate surface area is 244 Å². The van der Waals surface area contributed by atoms with Crippen molar-refractivity contribution in [2.75, 3.05) is 26.2 Å². The van der Waals surface area contributed by atoms with Gasteiger partial charge in [-0.15, -0.1) is 0 Å². The summed E-state index contributed by atoms with van der Waals surface area (Å²) in [6, 6.07) is 15.9. The number of fused-ring (bicyclic) bond motifs is 2. The van der Waals surface area contributed by atoms with E-state index in [2.05, 4.69) is 20.6 Å². The number of hydroxylamine groups is 1. The summed E-state index contributed by atoms with van der Waals surface area (Å²) in [4.78, 5) is 57.5. The number of aromatic amines is 2. The molecule has 2 aromatic heterocycles. The molecule has 0 aliphatic carbocycles. The Balaban J connectivity index is 1.27. The van der Waals surface area contributed by atoms with Crippen molar-refractivity contribution < 1.29 is 24.4 Å². The molecule has 0 bridgehead atoms. The lowest BCUT2D eigenvalue weighted by molar-refractivity contribution is -0.139. The SMILES string of the molecule is O=C(CCCCCC(=O)N(CC(=O)NCCc1c[nH]c2ccccc12)CC(=O)NCCc1c[nH]c2ccccc12)NO. The molecule has 0 spiro atoms. The summed E-state index contributed by atoms with van der Waals surface area (Å²) in [5.74, 6) is -1.46.